The summed E-state index contributed by atoms with van der Waals surface area (Å²) in [6.45, 7) is 19.2. The predicted octanol–water partition coefficient (Wildman–Crippen LogP) is 4.19. The Balaban J connectivity index is 2.43. The van der Waals surface area contributed by atoms with E-state index < -0.39 is 23.3 Å². The molecule has 0 spiro atoms. The van der Waals surface area contributed by atoms with Crippen molar-refractivity contribution in [2.24, 2.45) is 0 Å². The van der Waals surface area contributed by atoms with Crippen molar-refractivity contribution in [3.05, 3.63) is 61.8 Å². The largest absolute Gasteiger partial charge is 0.503 e. The Morgan fingerprint density at radius 1 is 1.03 bits per heavy atom. The quantitative estimate of drug-likeness (QED) is 0.184. The van der Waals surface area contributed by atoms with E-state index in [1.807, 2.05) is 33.8 Å². The summed E-state index contributed by atoms with van der Waals surface area (Å²) in [5.41, 5.74) is 0.241. The van der Waals surface area contributed by atoms with E-state index in [2.05, 4.69) is 4.85 Å². The molecular formula is C29H36N4O6. The van der Waals surface area contributed by atoms with Gasteiger partial charge in [-0.3, -0.25) is 23.9 Å². The molecular weight excluding hydrogens is 500 g/mol. The average Bonchev–Trinajstić information content (AvgIpc) is 2.87. The first-order valence-electron chi connectivity index (χ1n) is 12.9. The van der Waals surface area contributed by atoms with E-state index in [4.69, 9.17) is 16.0 Å². The number of hydrogen-bond donors (Lipinski definition) is 1. The fourth-order valence-electron chi connectivity index (χ4n) is 4.05. The number of carbonyl (C=O) groups excluding carboxylic acids is 2. The Morgan fingerprint density at radius 2 is 1.62 bits per heavy atom. The van der Waals surface area contributed by atoms with E-state index >= 15 is 0 Å². The minimum Gasteiger partial charge on any atom is -0.503 e. The fraction of sp³-hybridized carbons (Fsp3) is 0.483. The number of nitriles is 1. The minimum absolute atomic E-state index is 0.0137. The van der Waals surface area contributed by atoms with E-state index in [0.717, 1.165) is 9.47 Å². The minimum atomic E-state index is -0.647. The van der Waals surface area contributed by atoms with E-state index in [9.17, 15) is 24.8 Å². The smallest absolute Gasteiger partial charge is 0.271 e. The molecule has 1 aromatic rings. The van der Waals surface area contributed by atoms with Crippen molar-refractivity contribution >= 4 is 23.6 Å². The van der Waals surface area contributed by atoms with Crippen LogP contribution in [0.1, 0.15) is 58.6 Å². The SMILES string of the molecule is [C-]#[N+]c1c(C)c(/C=C/C=C2\C(=O)N(CCCOC(C)C)C(=O)C(C#N)=C2C)c(=O)n(CCCOC(C)C)c1O. The van der Waals surface area contributed by atoms with Crippen molar-refractivity contribution in [2.75, 3.05) is 19.8 Å². The lowest BCUT2D eigenvalue weighted by Gasteiger charge is -2.27. The molecule has 0 saturated carbocycles. The normalized spacial score (nSPS) is 15.2. The molecule has 0 atom stereocenters. The van der Waals surface area contributed by atoms with Gasteiger partial charge < -0.3 is 14.6 Å². The molecule has 0 bridgehead atoms. The van der Waals surface area contributed by atoms with Gasteiger partial charge in [-0.15, -0.1) is 0 Å². The molecule has 1 aliphatic rings. The molecule has 1 N–H and O–H groups in total. The topological polar surface area (TPSA) is 126 Å². The first-order chi connectivity index (χ1) is 18.5. The summed E-state index contributed by atoms with van der Waals surface area (Å²) in [5, 5.41) is 20.1. The van der Waals surface area contributed by atoms with Crippen LogP contribution in [-0.2, 0) is 25.6 Å². The lowest BCUT2D eigenvalue weighted by atomic mass is 9.94. The molecule has 0 fully saturated rings. The molecule has 2 amide bonds. The summed E-state index contributed by atoms with van der Waals surface area (Å²) in [6.07, 6.45) is 5.31. The van der Waals surface area contributed by atoms with Gasteiger partial charge in [-0.05, 0) is 71.6 Å². The maximum Gasteiger partial charge on any atom is 0.271 e. The molecule has 0 saturated heterocycles. The van der Waals surface area contributed by atoms with Gasteiger partial charge in [0.15, 0.2) is 5.88 Å². The van der Waals surface area contributed by atoms with Crippen LogP contribution in [0, 0.1) is 24.8 Å². The number of pyridine rings is 1. The van der Waals surface area contributed by atoms with Crippen molar-refractivity contribution in [2.45, 2.75) is 73.1 Å². The zero-order valence-electron chi connectivity index (χ0n) is 23.4. The average molecular weight is 537 g/mol. The summed E-state index contributed by atoms with van der Waals surface area (Å²) >= 11 is 0. The third-order valence-electron chi connectivity index (χ3n) is 6.12. The second kappa shape index (κ2) is 14.2. The molecule has 0 radical (unpaired) electrons. The molecule has 10 heteroatoms. The van der Waals surface area contributed by atoms with Crippen LogP contribution in [0.25, 0.3) is 10.9 Å². The maximum absolute atomic E-state index is 13.2. The van der Waals surface area contributed by atoms with Crippen molar-refractivity contribution in [3.63, 3.8) is 0 Å². The molecule has 39 heavy (non-hydrogen) atoms. The molecule has 208 valence electrons. The van der Waals surface area contributed by atoms with Crippen LogP contribution in [0.3, 0.4) is 0 Å². The highest BCUT2D eigenvalue weighted by molar-refractivity contribution is 6.18. The van der Waals surface area contributed by atoms with Crippen molar-refractivity contribution < 1.29 is 24.2 Å². The predicted molar refractivity (Wildman–Crippen MR) is 147 cm³/mol. The number of aromatic hydroxyl groups is 1. The van der Waals surface area contributed by atoms with Gasteiger partial charge in [0.25, 0.3) is 17.4 Å². The first kappa shape index (κ1) is 31.2. The van der Waals surface area contributed by atoms with Gasteiger partial charge in [-0.25, -0.2) is 4.85 Å². The number of rotatable bonds is 12. The molecule has 0 aromatic carbocycles. The number of ether oxygens (including phenoxy) is 2. The maximum atomic E-state index is 13.2. The number of amides is 2. The third kappa shape index (κ3) is 7.53. The van der Waals surface area contributed by atoms with Crippen LogP contribution in [-0.4, -0.2) is 58.4 Å². The molecule has 1 aliphatic heterocycles. The van der Waals surface area contributed by atoms with Crippen molar-refractivity contribution in [3.8, 4) is 11.9 Å². The van der Waals surface area contributed by atoms with Crippen molar-refractivity contribution in [1.82, 2.24) is 9.47 Å². The zero-order valence-corrected chi connectivity index (χ0v) is 23.4. The standard InChI is InChI=1S/C29H36N4O6/c1-18(2)38-15-9-13-32-26(34)22(20(5)24(17-30)28(32)36)11-8-12-23-21(6)25(31-7)29(37)33(27(23)35)14-10-16-39-19(3)4/h8,11-12,18-19,37H,9-10,13-16H2,1-6H3/b12-8+,22-11-. The van der Waals surface area contributed by atoms with Gasteiger partial charge >= 0.3 is 0 Å². The van der Waals surface area contributed by atoms with Gasteiger partial charge in [0.05, 0.1) is 18.8 Å². The summed E-state index contributed by atoms with van der Waals surface area (Å²) in [6, 6.07) is 1.89. The van der Waals surface area contributed by atoms with Gasteiger partial charge in [-0.1, -0.05) is 12.2 Å². The number of hydrogen-bond acceptors (Lipinski definition) is 7. The Hall–Kier alpha value is -3.99. The highest BCUT2D eigenvalue weighted by Gasteiger charge is 2.34. The summed E-state index contributed by atoms with van der Waals surface area (Å²) in [5.74, 6) is -1.59. The summed E-state index contributed by atoms with van der Waals surface area (Å²) in [7, 11) is 0. The van der Waals surface area contributed by atoms with E-state index in [0.29, 0.717) is 31.6 Å². The molecule has 2 heterocycles. The highest BCUT2D eigenvalue weighted by Crippen LogP contribution is 2.31. The van der Waals surface area contributed by atoms with E-state index in [1.54, 1.807) is 6.92 Å². The summed E-state index contributed by atoms with van der Waals surface area (Å²) < 4.78 is 12.1. The van der Waals surface area contributed by atoms with Gasteiger partial charge in [0.2, 0.25) is 5.69 Å². The Kier molecular flexibility index (Phi) is 11.4. The second-order valence-corrected chi connectivity index (χ2v) is 9.64. The highest BCUT2D eigenvalue weighted by atomic mass is 16.5. The Morgan fingerprint density at radius 3 is 2.15 bits per heavy atom. The molecule has 1 aromatic heterocycles. The molecule has 10 nitrogen and oxygen atoms in total. The number of carbonyl (C=O) groups is 2. The van der Waals surface area contributed by atoms with Crippen molar-refractivity contribution in [1.29, 1.82) is 5.26 Å². The molecule has 0 aliphatic carbocycles. The summed E-state index contributed by atoms with van der Waals surface area (Å²) in [4.78, 5) is 43.6. The molecule has 0 unspecified atom stereocenters. The lowest BCUT2D eigenvalue weighted by molar-refractivity contribution is -0.140. The number of imide groups is 1. The van der Waals surface area contributed by atoms with Gasteiger partial charge in [0, 0.05) is 37.4 Å². The van der Waals surface area contributed by atoms with Gasteiger partial charge in [-0.2, -0.15) is 5.26 Å². The fourth-order valence-corrected chi connectivity index (χ4v) is 4.05. The van der Waals surface area contributed by atoms with Crippen LogP contribution in [0.5, 0.6) is 5.88 Å². The number of allylic oxidation sites excluding steroid dienone is 2. The third-order valence-corrected chi connectivity index (χ3v) is 6.12. The number of aromatic nitrogens is 1. The molecule has 2 rings (SSSR count). The second-order valence-electron chi connectivity index (χ2n) is 9.64. The number of nitrogens with zero attached hydrogens (tertiary/aromatic N) is 4. The van der Waals surface area contributed by atoms with Crippen LogP contribution >= 0.6 is 0 Å². The van der Waals surface area contributed by atoms with Crippen LogP contribution in [0.4, 0.5) is 5.69 Å². The lowest BCUT2D eigenvalue weighted by Crippen LogP contribution is -2.43. The Labute approximate surface area is 229 Å². The van der Waals surface area contributed by atoms with Gasteiger partial charge in [0.1, 0.15) is 11.6 Å². The van der Waals surface area contributed by atoms with E-state index in [1.165, 1.54) is 25.2 Å². The first-order valence-corrected chi connectivity index (χ1v) is 12.9. The van der Waals surface area contributed by atoms with E-state index in [-0.39, 0.29) is 53.3 Å². The van der Waals surface area contributed by atoms with Crippen LogP contribution in [0.2, 0.25) is 0 Å². The monoisotopic (exact) mass is 536 g/mol. The zero-order chi connectivity index (χ0) is 29.3. The van der Waals surface area contributed by atoms with Crippen LogP contribution < -0.4 is 5.56 Å². The van der Waals surface area contributed by atoms with Crippen LogP contribution in [0.15, 0.2) is 33.7 Å². The Bertz CT molecular complexity index is 1340.